The molecule has 0 heterocycles. The Balaban J connectivity index is 2.15. The van der Waals surface area contributed by atoms with Gasteiger partial charge in [0, 0.05) is 17.2 Å². The number of carboxylic acids is 2. The number of methoxy groups -OCH3 is 3. The molecule has 3 aromatic carbocycles. The van der Waals surface area contributed by atoms with E-state index in [4.69, 9.17) is 29.2 Å². The molecule has 0 spiro atoms. The third kappa shape index (κ3) is 7.37. The van der Waals surface area contributed by atoms with E-state index in [1.54, 1.807) is 18.2 Å². The molecule has 0 atom stereocenters. The Kier molecular flexibility index (Phi) is 9.98. The van der Waals surface area contributed by atoms with Gasteiger partial charge in [-0.25, -0.2) is 9.59 Å². The topological polar surface area (TPSA) is 172 Å². The van der Waals surface area contributed by atoms with Gasteiger partial charge in [-0.2, -0.15) is 0 Å². The Morgan fingerprint density at radius 2 is 1.29 bits per heavy atom. The summed E-state index contributed by atoms with van der Waals surface area (Å²) in [5.74, 6) is -3.51. The first-order chi connectivity index (χ1) is 19.6. The maximum atomic E-state index is 12.1. The van der Waals surface area contributed by atoms with Crippen molar-refractivity contribution >= 4 is 30.2 Å². The van der Waals surface area contributed by atoms with Gasteiger partial charge in [0.1, 0.15) is 0 Å². The van der Waals surface area contributed by atoms with Crippen molar-refractivity contribution in [2.75, 3.05) is 27.9 Å². The molecule has 0 radical (unpaired) electrons. The summed E-state index contributed by atoms with van der Waals surface area (Å²) in [5, 5.41) is 49.6. The first-order valence-corrected chi connectivity index (χ1v) is 11.9. The molecule has 0 aliphatic heterocycles. The Morgan fingerprint density at radius 3 is 1.83 bits per heavy atom. The zero-order valence-electron chi connectivity index (χ0n) is 22.3. The smallest absolute Gasteiger partial charge is 0.371 e. The molecule has 3 rings (SSSR count). The van der Waals surface area contributed by atoms with Gasteiger partial charge >= 0.3 is 11.9 Å². The number of carboxylic acid groups (broad SMARTS) is 2. The molecule has 11 heteroatoms. The molecule has 214 valence electrons. The molecule has 0 aromatic heterocycles. The highest BCUT2D eigenvalue weighted by Gasteiger charge is 2.20. The van der Waals surface area contributed by atoms with E-state index in [1.165, 1.54) is 69.9 Å². The van der Waals surface area contributed by atoms with Crippen LogP contribution in [0, 0.1) is 0 Å². The van der Waals surface area contributed by atoms with Gasteiger partial charge in [0.05, 0.1) is 27.9 Å². The molecule has 0 saturated heterocycles. The molecule has 0 fully saturated rings. The second-order valence-corrected chi connectivity index (χ2v) is 8.32. The van der Waals surface area contributed by atoms with E-state index in [0.29, 0.717) is 11.1 Å². The number of benzene rings is 3. The van der Waals surface area contributed by atoms with Crippen LogP contribution in [0.5, 0.6) is 34.5 Å². The van der Waals surface area contributed by atoms with Crippen LogP contribution < -0.4 is 18.9 Å². The molecule has 41 heavy (non-hydrogen) atoms. The lowest BCUT2D eigenvalue weighted by Gasteiger charge is -2.15. The molecule has 0 aliphatic rings. The van der Waals surface area contributed by atoms with Gasteiger partial charge in [-0.15, -0.1) is 0 Å². The average molecular weight is 565 g/mol. The SMILES string of the molecule is COc1cc(/C=C/CO)ccc1O/C(=C\c1cc(OC)c(O)c(-c2cc(/C=C/C(=O)O)cc(OC)c2O)c1)C(=O)O. The Labute approximate surface area is 235 Å². The summed E-state index contributed by atoms with van der Waals surface area (Å²) < 4.78 is 21.5. The van der Waals surface area contributed by atoms with E-state index in [9.17, 15) is 24.9 Å². The summed E-state index contributed by atoms with van der Waals surface area (Å²) in [4.78, 5) is 23.1. The molecule has 0 unspecified atom stereocenters. The first-order valence-electron chi connectivity index (χ1n) is 11.9. The highest BCUT2D eigenvalue weighted by Crippen LogP contribution is 2.46. The van der Waals surface area contributed by atoms with Crippen LogP contribution in [-0.4, -0.2) is 65.4 Å². The lowest BCUT2D eigenvalue weighted by Crippen LogP contribution is -2.08. The van der Waals surface area contributed by atoms with Crippen molar-refractivity contribution in [3.8, 4) is 45.6 Å². The molecule has 0 saturated carbocycles. The van der Waals surface area contributed by atoms with Crippen LogP contribution in [0.3, 0.4) is 0 Å². The van der Waals surface area contributed by atoms with Gasteiger partial charge in [-0.1, -0.05) is 18.2 Å². The fourth-order valence-electron chi connectivity index (χ4n) is 3.79. The molecule has 0 aliphatic carbocycles. The van der Waals surface area contributed by atoms with Crippen molar-refractivity contribution < 1.29 is 54.1 Å². The van der Waals surface area contributed by atoms with E-state index in [2.05, 4.69) is 0 Å². The summed E-state index contributed by atoms with van der Waals surface area (Å²) in [6.45, 7) is -0.154. The molecule has 5 N–H and O–H groups in total. The minimum atomic E-state index is -1.41. The van der Waals surface area contributed by atoms with Gasteiger partial charge in [0.15, 0.2) is 34.5 Å². The standard InChI is InChI=1S/C30H28O11/c1-38-23-13-17(5-4-10-31)6-8-22(23)41-26(30(36)37)16-19-12-21(29(35)25(15-19)40-3)20-11-18(7-9-27(32)33)14-24(39-2)28(20)34/h4-9,11-16,31,34-35H,10H2,1-3H3,(H,32,33)(H,36,37)/b5-4+,9-7+,26-16-. The summed E-state index contributed by atoms with van der Waals surface area (Å²) >= 11 is 0. The minimum Gasteiger partial charge on any atom is -0.504 e. The number of aliphatic hydroxyl groups is 1. The van der Waals surface area contributed by atoms with Gasteiger partial charge in [-0.3, -0.25) is 0 Å². The van der Waals surface area contributed by atoms with Gasteiger partial charge in [-0.05, 0) is 65.2 Å². The van der Waals surface area contributed by atoms with E-state index in [-0.39, 0.29) is 57.8 Å². The van der Waals surface area contributed by atoms with Crippen LogP contribution in [-0.2, 0) is 9.59 Å². The zero-order valence-corrected chi connectivity index (χ0v) is 22.3. The maximum absolute atomic E-state index is 12.1. The molecular formula is C30H28O11. The lowest BCUT2D eigenvalue weighted by atomic mass is 9.97. The van der Waals surface area contributed by atoms with Crippen molar-refractivity contribution in [3.63, 3.8) is 0 Å². The van der Waals surface area contributed by atoms with Gasteiger partial charge in [0.2, 0.25) is 5.76 Å². The van der Waals surface area contributed by atoms with Crippen molar-refractivity contribution in [1.29, 1.82) is 0 Å². The predicted octanol–water partition coefficient (Wildman–Crippen LogP) is 4.40. The quantitative estimate of drug-likeness (QED) is 0.156. The van der Waals surface area contributed by atoms with Gasteiger partial charge in [0.25, 0.3) is 0 Å². The number of aromatic hydroxyl groups is 2. The fourth-order valence-corrected chi connectivity index (χ4v) is 3.79. The number of carbonyl (C=O) groups is 2. The minimum absolute atomic E-state index is 0.00536. The van der Waals surface area contributed by atoms with Crippen LogP contribution in [0.15, 0.2) is 60.4 Å². The van der Waals surface area contributed by atoms with Crippen LogP contribution in [0.1, 0.15) is 16.7 Å². The van der Waals surface area contributed by atoms with Crippen molar-refractivity contribution in [1.82, 2.24) is 0 Å². The number of phenolic OH excluding ortho intramolecular Hbond substituents is 2. The van der Waals surface area contributed by atoms with Gasteiger partial charge < -0.3 is 44.5 Å². The second kappa shape index (κ2) is 13.6. The fraction of sp³-hybridized carbons (Fsp3) is 0.133. The van der Waals surface area contributed by atoms with E-state index in [0.717, 1.165) is 6.08 Å². The molecular weight excluding hydrogens is 536 g/mol. The largest absolute Gasteiger partial charge is 0.504 e. The summed E-state index contributed by atoms with van der Waals surface area (Å²) in [6, 6.07) is 10.3. The average Bonchev–Trinajstić information content (AvgIpc) is 2.96. The van der Waals surface area contributed by atoms with E-state index < -0.39 is 17.7 Å². The number of phenols is 2. The second-order valence-electron chi connectivity index (χ2n) is 8.32. The van der Waals surface area contributed by atoms with E-state index in [1.807, 2.05) is 0 Å². The number of aliphatic carboxylic acids is 2. The number of hydrogen-bond donors (Lipinski definition) is 5. The normalized spacial score (nSPS) is 11.6. The number of hydrogen-bond acceptors (Lipinski definition) is 9. The third-order valence-electron chi connectivity index (χ3n) is 5.67. The number of rotatable bonds is 12. The molecule has 3 aromatic rings. The summed E-state index contributed by atoms with van der Waals surface area (Å²) in [7, 11) is 4.00. The predicted molar refractivity (Wildman–Crippen MR) is 150 cm³/mol. The summed E-state index contributed by atoms with van der Waals surface area (Å²) in [5.41, 5.74) is 1.35. The van der Waals surface area contributed by atoms with Crippen molar-refractivity contribution in [2.45, 2.75) is 0 Å². The Bertz CT molecular complexity index is 1530. The zero-order chi connectivity index (χ0) is 30.1. The molecule has 0 amide bonds. The molecule has 11 nitrogen and oxygen atoms in total. The Hall–Kier alpha value is -5.42. The number of aliphatic hydroxyl groups excluding tert-OH is 1. The van der Waals surface area contributed by atoms with Crippen LogP contribution in [0.4, 0.5) is 0 Å². The highest BCUT2D eigenvalue weighted by molar-refractivity contribution is 5.92. The maximum Gasteiger partial charge on any atom is 0.371 e. The lowest BCUT2D eigenvalue weighted by molar-refractivity contribution is -0.135. The van der Waals surface area contributed by atoms with Crippen LogP contribution >= 0.6 is 0 Å². The first kappa shape index (κ1) is 30.1. The highest BCUT2D eigenvalue weighted by atomic mass is 16.5. The van der Waals surface area contributed by atoms with Crippen LogP contribution in [0.2, 0.25) is 0 Å². The Morgan fingerprint density at radius 1 is 0.732 bits per heavy atom. The van der Waals surface area contributed by atoms with Crippen molar-refractivity contribution in [2.24, 2.45) is 0 Å². The van der Waals surface area contributed by atoms with Crippen molar-refractivity contribution in [3.05, 3.63) is 77.1 Å². The molecule has 0 bridgehead atoms. The summed E-state index contributed by atoms with van der Waals surface area (Å²) in [6.07, 6.45) is 6.55. The third-order valence-corrected chi connectivity index (χ3v) is 5.67. The number of ether oxygens (including phenoxy) is 4. The van der Waals surface area contributed by atoms with E-state index >= 15 is 0 Å². The monoisotopic (exact) mass is 564 g/mol. The van der Waals surface area contributed by atoms with Crippen LogP contribution in [0.25, 0.3) is 29.4 Å².